The zero-order valence-corrected chi connectivity index (χ0v) is 12.2. The first-order valence-corrected chi connectivity index (χ1v) is 7.00. The van der Waals surface area contributed by atoms with E-state index in [4.69, 9.17) is 23.2 Å². The highest BCUT2D eigenvalue weighted by atomic mass is 35.5. The molecule has 1 saturated heterocycles. The summed E-state index contributed by atoms with van der Waals surface area (Å²) in [5, 5.41) is 6.48. The molecule has 1 aromatic rings. The third kappa shape index (κ3) is 4.25. The molecule has 0 bridgehead atoms. The Kier molecular flexibility index (Phi) is 5.04. The molecule has 0 spiro atoms. The first-order valence-electron chi connectivity index (χ1n) is 6.25. The molecule has 2 amide bonds. The third-order valence-electron chi connectivity index (χ3n) is 2.98. The van der Waals surface area contributed by atoms with Crippen LogP contribution in [0.4, 0.5) is 0 Å². The highest BCUT2D eigenvalue weighted by Gasteiger charge is 2.18. The SMILES string of the molecule is O=C(C=Cc1ccc(Cl)c(Cl)c1)NC1CCC(=O)NC1. The van der Waals surface area contributed by atoms with Crippen LogP contribution in [0.2, 0.25) is 10.0 Å². The van der Waals surface area contributed by atoms with Crippen LogP contribution in [-0.2, 0) is 9.59 Å². The van der Waals surface area contributed by atoms with Gasteiger partial charge in [0.1, 0.15) is 0 Å². The zero-order chi connectivity index (χ0) is 14.5. The van der Waals surface area contributed by atoms with Crippen molar-refractivity contribution in [3.8, 4) is 0 Å². The van der Waals surface area contributed by atoms with Crippen molar-refractivity contribution in [2.24, 2.45) is 0 Å². The zero-order valence-electron chi connectivity index (χ0n) is 10.7. The van der Waals surface area contributed by atoms with Gasteiger partial charge in [-0.25, -0.2) is 0 Å². The number of hydrogen-bond donors (Lipinski definition) is 2. The monoisotopic (exact) mass is 312 g/mol. The minimum Gasteiger partial charge on any atom is -0.354 e. The van der Waals surface area contributed by atoms with Gasteiger partial charge in [0, 0.05) is 25.1 Å². The van der Waals surface area contributed by atoms with E-state index in [0.29, 0.717) is 29.4 Å². The predicted molar refractivity (Wildman–Crippen MR) is 79.7 cm³/mol. The van der Waals surface area contributed by atoms with Crippen LogP contribution in [0.25, 0.3) is 6.08 Å². The minimum absolute atomic E-state index is 0.0151. The summed E-state index contributed by atoms with van der Waals surface area (Å²) in [4.78, 5) is 22.8. The number of halogens is 2. The van der Waals surface area contributed by atoms with Crippen LogP contribution >= 0.6 is 23.2 Å². The van der Waals surface area contributed by atoms with Crippen molar-refractivity contribution in [2.45, 2.75) is 18.9 Å². The van der Waals surface area contributed by atoms with Gasteiger partial charge in [0.15, 0.2) is 0 Å². The Balaban J connectivity index is 1.88. The van der Waals surface area contributed by atoms with E-state index in [-0.39, 0.29) is 17.9 Å². The number of benzene rings is 1. The van der Waals surface area contributed by atoms with Gasteiger partial charge in [0.25, 0.3) is 0 Å². The highest BCUT2D eigenvalue weighted by molar-refractivity contribution is 6.42. The molecule has 2 N–H and O–H groups in total. The second-order valence-electron chi connectivity index (χ2n) is 4.56. The van der Waals surface area contributed by atoms with Gasteiger partial charge in [-0.05, 0) is 30.2 Å². The van der Waals surface area contributed by atoms with Crippen molar-refractivity contribution in [2.75, 3.05) is 6.54 Å². The maximum Gasteiger partial charge on any atom is 0.244 e. The summed E-state index contributed by atoms with van der Waals surface area (Å²) in [5.74, 6) is -0.168. The molecule has 4 nitrogen and oxygen atoms in total. The summed E-state index contributed by atoms with van der Waals surface area (Å²) in [5.41, 5.74) is 0.798. The minimum atomic E-state index is -0.197. The summed E-state index contributed by atoms with van der Waals surface area (Å²) in [6.45, 7) is 0.477. The quantitative estimate of drug-likeness (QED) is 0.842. The molecule has 2 rings (SSSR count). The van der Waals surface area contributed by atoms with Crippen molar-refractivity contribution in [3.63, 3.8) is 0 Å². The normalized spacial score (nSPS) is 18.9. The molecule has 106 valence electrons. The molecule has 0 radical (unpaired) electrons. The van der Waals surface area contributed by atoms with Crippen molar-refractivity contribution < 1.29 is 9.59 Å². The lowest BCUT2D eigenvalue weighted by atomic mass is 10.1. The van der Waals surface area contributed by atoms with E-state index < -0.39 is 0 Å². The van der Waals surface area contributed by atoms with Crippen LogP contribution < -0.4 is 10.6 Å². The van der Waals surface area contributed by atoms with Crippen molar-refractivity contribution in [1.82, 2.24) is 10.6 Å². The lowest BCUT2D eigenvalue weighted by Crippen LogP contribution is -2.47. The van der Waals surface area contributed by atoms with E-state index in [9.17, 15) is 9.59 Å². The Morgan fingerprint density at radius 2 is 2.15 bits per heavy atom. The molecule has 1 heterocycles. The number of amides is 2. The lowest BCUT2D eigenvalue weighted by Gasteiger charge is -2.22. The Bertz CT molecular complexity index is 548. The fourth-order valence-corrected chi connectivity index (χ4v) is 2.20. The summed E-state index contributed by atoms with van der Waals surface area (Å²) >= 11 is 11.7. The van der Waals surface area contributed by atoms with Gasteiger partial charge in [-0.3, -0.25) is 9.59 Å². The fraction of sp³-hybridized carbons (Fsp3) is 0.286. The van der Waals surface area contributed by atoms with Crippen LogP contribution in [0.15, 0.2) is 24.3 Å². The molecule has 1 aliphatic heterocycles. The summed E-state index contributed by atoms with van der Waals surface area (Å²) in [6, 6.07) is 5.13. The van der Waals surface area contributed by atoms with Crippen molar-refractivity contribution in [3.05, 3.63) is 39.9 Å². The maximum atomic E-state index is 11.7. The van der Waals surface area contributed by atoms with Gasteiger partial charge in [-0.2, -0.15) is 0 Å². The first kappa shape index (κ1) is 14.9. The summed E-state index contributed by atoms with van der Waals surface area (Å²) in [6.07, 6.45) is 4.22. The second-order valence-corrected chi connectivity index (χ2v) is 5.37. The van der Waals surface area contributed by atoms with E-state index in [1.807, 2.05) is 0 Å². The molecule has 0 aliphatic carbocycles. The Hall–Kier alpha value is -1.52. The number of carbonyl (C=O) groups is 2. The lowest BCUT2D eigenvalue weighted by molar-refractivity contribution is -0.124. The fourth-order valence-electron chi connectivity index (χ4n) is 1.89. The van der Waals surface area contributed by atoms with Crippen molar-refractivity contribution in [1.29, 1.82) is 0 Å². The highest BCUT2D eigenvalue weighted by Crippen LogP contribution is 2.23. The van der Waals surface area contributed by atoms with E-state index in [0.717, 1.165) is 5.56 Å². The molecule has 1 unspecified atom stereocenters. The van der Waals surface area contributed by atoms with E-state index in [1.54, 1.807) is 24.3 Å². The van der Waals surface area contributed by atoms with Crippen LogP contribution in [0.5, 0.6) is 0 Å². The Morgan fingerprint density at radius 1 is 1.35 bits per heavy atom. The molecule has 1 atom stereocenters. The molecule has 1 aromatic carbocycles. The van der Waals surface area contributed by atoms with Crippen LogP contribution in [0.1, 0.15) is 18.4 Å². The average molecular weight is 313 g/mol. The van der Waals surface area contributed by atoms with E-state index in [2.05, 4.69) is 10.6 Å². The Labute approximate surface area is 127 Å². The van der Waals surface area contributed by atoms with Gasteiger partial charge in [-0.15, -0.1) is 0 Å². The largest absolute Gasteiger partial charge is 0.354 e. The summed E-state index contributed by atoms with van der Waals surface area (Å²) in [7, 11) is 0. The summed E-state index contributed by atoms with van der Waals surface area (Å²) < 4.78 is 0. The number of piperidine rings is 1. The molecule has 1 aliphatic rings. The third-order valence-corrected chi connectivity index (χ3v) is 3.72. The van der Waals surface area contributed by atoms with Gasteiger partial charge < -0.3 is 10.6 Å². The molecule has 6 heteroatoms. The molecule has 0 saturated carbocycles. The molecular weight excluding hydrogens is 299 g/mol. The molecule has 0 aromatic heterocycles. The van der Waals surface area contributed by atoms with Crippen LogP contribution in [0, 0.1) is 0 Å². The first-order chi connectivity index (χ1) is 9.54. The average Bonchev–Trinajstić information content (AvgIpc) is 2.43. The number of hydrogen-bond acceptors (Lipinski definition) is 2. The standard InChI is InChI=1S/C14H14Cl2N2O2/c15-11-4-1-9(7-12(11)16)2-5-14(20)18-10-3-6-13(19)17-8-10/h1-2,4-5,7,10H,3,6,8H2,(H,17,19)(H,18,20). The number of nitrogens with one attached hydrogen (secondary N) is 2. The van der Waals surface area contributed by atoms with Gasteiger partial charge in [0.05, 0.1) is 10.0 Å². The molecular formula is C14H14Cl2N2O2. The number of rotatable bonds is 3. The smallest absolute Gasteiger partial charge is 0.244 e. The molecule has 1 fully saturated rings. The van der Waals surface area contributed by atoms with E-state index >= 15 is 0 Å². The maximum absolute atomic E-state index is 11.7. The Morgan fingerprint density at radius 3 is 2.80 bits per heavy atom. The second kappa shape index (κ2) is 6.77. The number of carbonyl (C=O) groups excluding carboxylic acids is 2. The van der Waals surface area contributed by atoms with Gasteiger partial charge >= 0.3 is 0 Å². The van der Waals surface area contributed by atoms with Crippen molar-refractivity contribution >= 4 is 41.1 Å². The van der Waals surface area contributed by atoms with Crippen LogP contribution in [-0.4, -0.2) is 24.4 Å². The van der Waals surface area contributed by atoms with Crippen LogP contribution in [0.3, 0.4) is 0 Å². The van der Waals surface area contributed by atoms with Gasteiger partial charge in [-0.1, -0.05) is 29.3 Å². The van der Waals surface area contributed by atoms with E-state index in [1.165, 1.54) is 6.08 Å². The molecule has 20 heavy (non-hydrogen) atoms. The topological polar surface area (TPSA) is 58.2 Å². The van der Waals surface area contributed by atoms with Gasteiger partial charge in [0.2, 0.25) is 11.8 Å². The predicted octanol–water partition coefficient (Wildman–Crippen LogP) is 2.40.